The standard InChI is InChI=1S/C15H10F2N2O.C11H16N2O/c1-19-7-5-10-11(15(19)20)4-6-18-14(10)12-3-2-9(16)8-13(12)17;1-2-6-14-11(3-1)9-7-12-13(8-9)10-4-5-10/h2-8H,1H3;7-8,10-11H,1-6H2/t;11-/m.1/s1. The van der Waals surface area contributed by atoms with Gasteiger partial charge in [0.25, 0.3) is 5.56 Å². The van der Waals surface area contributed by atoms with Crippen LogP contribution >= 0.6 is 0 Å². The van der Waals surface area contributed by atoms with E-state index in [1.54, 1.807) is 25.4 Å². The van der Waals surface area contributed by atoms with Gasteiger partial charge in [-0.3, -0.25) is 14.5 Å². The van der Waals surface area contributed by atoms with Crippen LogP contribution in [0.25, 0.3) is 22.0 Å². The molecule has 1 saturated heterocycles. The number of halogens is 2. The molecule has 1 aliphatic carbocycles. The number of hydrogen-bond donors (Lipinski definition) is 0. The van der Waals surface area contributed by atoms with Crippen LogP contribution in [0.2, 0.25) is 0 Å². The Morgan fingerprint density at radius 1 is 1.06 bits per heavy atom. The molecule has 0 N–H and O–H groups in total. The van der Waals surface area contributed by atoms with Gasteiger partial charge in [0, 0.05) is 54.8 Å². The quantitative estimate of drug-likeness (QED) is 0.411. The van der Waals surface area contributed by atoms with Gasteiger partial charge in [0.05, 0.1) is 29.4 Å². The Morgan fingerprint density at radius 3 is 2.65 bits per heavy atom. The Balaban J connectivity index is 0.000000150. The number of rotatable bonds is 3. The van der Waals surface area contributed by atoms with E-state index in [9.17, 15) is 13.6 Å². The lowest BCUT2D eigenvalue weighted by atomic mass is 10.0. The Bertz CT molecular complexity index is 1370. The number of nitrogens with zero attached hydrogens (tertiary/aromatic N) is 4. The highest BCUT2D eigenvalue weighted by Crippen LogP contribution is 2.36. The van der Waals surface area contributed by atoms with Crippen molar-refractivity contribution in [3.8, 4) is 11.3 Å². The molecular weight excluding hydrogens is 438 g/mol. The number of fused-ring (bicyclic) bond motifs is 1. The van der Waals surface area contributed by atoms with Gasteiger partial charge in [0.1, 0.15) is 11.6 Å². The average Bonchev–Trinajstić information content (AvgIpc) is 3.59. The molecular formula is C26H26F2N4O2. The molecule has 2 fully saturated rings. The van der Waals surface area contributed by atoms with E-state index in [4.69, 9.17) is 4.74 Å². The predicted molar refractivity (Wildman–Crippen MR) is 125 cm³/mol. The third kappa shape index (κ3) is 4.63. The smallest absolute Gasteiger partial charge is 0.258 e. The molecule has 1 atom stereocenters. The summed E-state index contributed by atoms with van der Waals surface area (Å²) < 4.78 is 36.1. The minimum absolute atomic E-state index is 0.172. The molecule has 1 aromatic carbocycles. The fraction of sp³-hybridized carbons (Fsp3) is 0.346. The second kappa shape index (κ2) is 9.46. The first-order chi connectivity index (χ1) is 16.5. The Morgan fingerprint density at radius 2 is 1.91 bits per heavy atom. The van der Waals surface area contributed by atoms with Gasteiger partial charge in [-0.2, -0.15) is 5.10 Å². The molecule has 0 amide bonds. The van der Waals surface area contributed by atoms with E-state index in [2.05, 4.69) is 21.0 Å². The van der Waals surface area contributed by atoms with Crippen LogP contribution in [-0.2, 0) is 11.8 Å². The van der Waals surface area contributed by atoms with Crippen LogP contribution in [0.1, 0.15) is 49.8 Å². The molecule has 2 aliphatic rings. The van der Waals surface area contributed by atoms with Crippen LogP contribution < -0.4 is 5.56 Å². The van der Waals surface area contributed by atoms with Gasteiger partial charge >= 0.3 is 0 Å². The molecule has 3 aromatic heterocycles. The molecule has 1 aliphatic heterocycles. The summed E-state index contributed by atoms with van der Waals surface area (Å²) in [6, 6.07) is 7.26. The Labute approximate surface area is 195 Å². The molecule has 0 spiro atoms. The first-order valence-corrected chi connectivity index (χ1v) is 11.6. The number of aromatic nitrogens is 4. The number of benzene rings is 1. The third-order valence-electron chi connectivity index (χ3n) is 6.29. The summed E-state index contributed by atoms with van der Waals surface area (Å²) in [4.78, 5) is 16.2. The van der Waals surface area contributed by atoms with Crippen molar-refractivity contribution in [2.75, 3.05) is 6.61 Å². The summed E-state index contributed by atoms with van der Waals surface area (Å²) in [5.41, 5.74) is 1.59. The molecule has 34 heavy (non-hydrogen) atoms. The first kappa shape index (κ1) is 22.4. The minimum atomic E-state index is -0.703. The number of pyridine rings is 2. The van der Waals surface area contributed by atoms with Gasteiger partial charge in [0.15, 0.2) is 0 Å². The normalized spacial score (nSPS) is 17.9. The van der Waals surface area contributed by atoms with Crippen LogP contribution in [0.5, 0.6) is 0 Å². The lowest BCUT2D eigenvalue weighted by Crippen LogP contribution is -2.15. The maximum Gasteiger partial charge on any atom is 0.258 e. The molecule has 8 heteroatoms. The molecule has 4 aromatic rings. The highest BCUT2D eigenvalue weighted by molar-refractivity contribution is 5.93. The molecule has 0 radical (unpaired) electrons. The van der Waals surface area contributed by atoms with Crippen LogP contribution in [0.15, 0.2) is 59.9 Å². The Kier molecular flexibility index (Phi) is 6.24. The van der Waals surface area contributed by atoms with Gasteiger partial charge in [0.2, 0.25) is 0 Å². The predicted octanol–water partition coefficient (Wildman–Crippen LogP) is 5.34. The maximum absolute atomic E-state index is 13.9. The highest BCUT2D eigenvalue weighted by atomic mass is 19.1. The van der Waals surface area contributed by atoms with Crippen molar-refractivity contribution in [2.45, 2.75) is 44.2 Å². The van der Waals surface area contributed by atoms with E-state index in [0.29, 0.717) is 28.6 Å². The number of hydrogen-bond acceptors (Lipinski definition) is 4. The molecule has 176 valence electrons. The summed E-state index contributed by atoms with van der Waals surface area (Å²) in [6.07, 6.45) is 13.8. The zero-order chi connectivity index (χ0) is 23.7. The Hall–Kier alpha value is -3.39. The van der Waals surface area contributed by atoms with Crippen molar-refractivity contribution in [2.24, 2.45) is 7.05 Å². The van der Waals surface area contributed by atoms with E-state index in [-0.39, 0.29) is 11.1 Å². The number of ether oxygens (including phenoxy) is 1. The third-order valence-corrected chi connectivity index (χ3v) is 6.29. The molecule has 0 unspecified atom stereocenters. The van der Waals surface area contributed by atoms with E-state index in [1.807, 2.05) is 6.20 Å². The lowest BCUT2D eigenvalue weighted by Gasteiger charge is -2.21. The topological polar surface area (TPSA) is 61.9 Å². The molecule has 6 rings (SSSR count). The van der Waals surface area contributed by atoms with Gasteiger partial charge < -0.3 is 9.30 Å². The van der Waals surface area contributed by atoms with Gasteiger partial charge in [-0.1, -0.05) is 0 Å². The van der Waals surface area contributed by atoms with Crippen LogP contribution in [0.4, 0.5) is 8.78 Å². The second-order valence-corrected chi connectivity index (χ2v) is 8.82. The minimum Gasteiger partial charge on any atom is -0.373 e. The van der Waals surface area contributed by atoms with E-state index in [1.165, 1.54) is 54.1 Å². The van der Waals surface area contributed by atoms with Crippen molar-refractivity contribution >= 4 is 10.8 Å². The first-order valence-electron chi connectivity index (χ1n) is 11.6. The summed E-state index contributed by atoms with van der Waals surface area (Å²) in [5.74, 6) is -1.35. The summed E-state index contributed by atoms with van der Waals surface area (Å²) in [5, 5.41) is 5.38. The average molecular weight is 465 g/mol. The molecule has 6 nitrogen and oxygen atoms in total. The van der Waals surface area contributed by atoms with Crippen molar-refractivity contribution < 1.29 is 13.5 Å². The summed E-state index contributed by atoms with van der Waals surface area (Å²) in [7, 11) is 1.64. The number of aryl methyl sites for hydroxylation is 1. The highest BCUT2D eigenvalue weighted by Gasteiger charge is 2.26. The van der Waals surface area contributed by atoms with E-state index < -0.39 is 11.6 Å². The van der Waals surface area contributed by atoms with Crippen LogP contribution in [0.3, 0.4) is 0 Å². The summed E-state index contributed by atoms with van der Waals surface area (Å²) >= 11 is 0. The second-order valence-electron chi connectivity index (χ2n) is 8.82. The zero-order valence-electron chi connectivity index (χ0n) is 19.0. The van der Waals surface area contributed by atoms with Crippen molar-refractivity contribution in [1.82, 2.24) is 19.3 Å². The fourth-order valence-corrected chi connectivity index (χ4v) is 4.23. The lowest BCUT2D eigenvalue weighted by molar-refractivity contribution is 0.0149. The van der Waals surface area contributed by atoms with Crippen molar-refractivity contribution in [3.63, 3.8) is 0 Å². The van der Waals surface area contributed by atoms with Gasteiger partial charge in [-0.15, -0.1) is 0 Å². The zero-order valence-corrected chi connectivity index (χ0v) is 19.0. The monoisotopic (exact) mass is 464 g/mol. The van der Waals surface area contributed by atoms with Crippen molar-refractivity contribution in [3.05, 3.63) is 82.7 Å². The summed E-state index contributed by atoms with van der Waals surface area (Å²) in [6.45, 7) is 0.916. The van der Waals surface area contributed by atoms with Gasteiger partial charge in [-0.05, 0) is 56.4 Å². The maximum atomic E-state index is 13.9. The SMILES string of the molecule is Cn1ccc2c(-c3ccc(F)cc3F)nccc2c1=O.c1nn(C2CC2)cc1[C@H]1CCCCO1. The van der Waals surface area contributed by atoms with Crippen LogP contribution in [0, 0.1) is 11.6 Å². The van der Waals surface area contributed by atoms with E-state index in [0.717, 1.165) is 19.1 Å². The van der Waals surface area contributed by atoms with E-state index >= 15 is 0 Å². The molecule has 0 bridgehead atoms. The fourth-order valence-electron chi connectivity index (χ4n) is 4.23. The van der Waals surface area contributed by atoms with Crippen LogP contribution in [-0.4, -0.2) is 25.9 Å². The van der Waals surface area contributed by atoms with Gasteiger partial charge in [-0.25, -0.2) is 8.78 Å². The molecule has 4 heterocycles. The van der Waals surface area contributed by atoms with Crippen molar-refractivity contribution in [1.29, 1.82) is 0 Å². The molecule has 1 saturated carbocycles. The largest absolute Gasteiger partial charge is 0.373 e.